The maximum absolute atomic E-state index is 13.2. The first-order valence-corrected chi connectivity index (χ1v) is 9.52. The van der Waals surface area contributed by atoms with Gasteiger partial charge < -0.3 is 10.6 Å². The second-order valence-corrected chi connectivity index (χ2v) is 7.57. The van der Waals surface area contributed by atoms with Gasteiger partial charge in [0, 0.05) is 13.1 Å². The molecule has 0 spiro atoms. The van der Waals surface area contributed by atoms with Crippen LogP contribution in [-0.4, -0.2) is 22.6 Å². The number of fused-ring (bicyclic) bond motifs is 1. The normalized spacial score (nSPS) is 14.5. The standard InChI is InChI=1S/C19H19N5OS/c20-11-13-6-2-3-7-14(13)12-24-18(25)17-15(10-16(21)26-17)22-19(24)23-8-4-1-5-9-23/h2-3,6-7,10H,1,4-5,8-9,12,21H2. The van der Waals surface area contributed by atoms with Gasteiger partial charge in [0.15, 0.2) is 0 Å². The Morgan fingerprint density at radius 2 is 2.00 bits per heavy atom. The lowest BCUT2D eigenvalue weighted by molar-refractivity contribution is 0.553. The van der Waals surface area contributed by atoms with E-state index in [4.69, 9.17) is 10.7 Å². The van der Waals surface area contributed by atoms with E-state index >= 15 is 0 Å². The van der Waals surface area contributed by atoms with Crippen LogP contribution in [0.5, 0.6) is 0 Å². The lowest BCUT2D eigenvalue weighted by atomic mass is 10.1. The van der Waals surface area contributed by atoms with Crippen molar-refractivity contribution in [3.63, 3.8) is 0 Å². The predicted molar refractivity (Wildman–Crippen MR) is 105 cm³/mol. The number of piperidine rings is 1. The van der Waals surface area contributed by atoms with Gasteiger partial charge in [-0.25, -0.2) is 4.98 Å². The minimum absolute atomic E-state index is 0.0926. The van der Waals surface area contributed by atoms with Crippen LogP contribution in [-0.2, 0) is 6.54 Å². The van der Waals surface area contributed by atoms with E-state index < -0.39 is 0 Å². The molecular weight excluding hydrogens is 346 g/mol. The third-order valence-electron chi connectivity index (χ3n) is 4.74. The molecule has 6 nitrogen and oxygen atoms in total. The summed E-state index contributed by atoms with van der Waals surface area (Å²) in [5.41, 5.74) is 7.87. The fourth-order valence-corrected chi connectivity index (χ4v) is 4.25. The van der Waals surface area contributed by atoms with Crippen LogP contribution in [0, 0.1) is 11.3 Å². The minimum atomic E-state index is -0.0926. The van der Waals surface area contributed by atoms with Crippen LogP contribution >= 0.6 is 11.3 Å². The highest BCUT2D eigenvalue weighted by Gasteiger charge is 2.21. The first kappa shape index (κ1) is 16.6. The molecule has 132 valence electrons. The first-order valence-electron chi connectivity index (χ1n) is 8.70. The van der Waals surface area contributed by atoms with Crippen molar-refractivity contribution in [1.29, 1.82) is 5.26 Å². The molecule has 0 aliphatic carbocycles. The molecular formula is C19H19N5OS. The van der Waals surface area contributed by atoms with Crippen molar-refractivity contribution in [3.8, 4) is 6.07 Å². The van der Waals surface area contributed by atoms with E-state index in [1.807, 2.05) is 18.2 Å². The van der Waals surface area contributed by atoms with E-state index in [0.29, 0.717) is 33.3 Å². The Morgan fingerprint density at radius 1 is 1.23 bits per heavy atom. The molecule has 0 bridgehead atoms. The number of nitrogens with two attached hydrogens (primary N) is 1. The Morgan fingerprint density at radius 3 is 2.77 bits per heavy atom. The summed E-state index contributed by atoms with van der Waals surface area (Å²) < 4.78 is 2.26. The van der Waals surface area contributed by atoms with E-state index in [-0.39, 0.29) is 5.56 Å². The monoisotopic (exact) mass is 365 g/mol. The van der Waals surface area contributed by atoms with E-state index in [0.717, 1.165) is 31.5 Å². The highest BCUT2D eigenvalue weighted by atomic mass is 32.1. The number of nitriles is 1. The summed E-state index contributed by atoms with van der Waals surface area (Å²) in [5, 5.41) is 9.97. The Hall–Kier alpha value is -2.85. The van der Waals surface area contributed by atoms with Crippen molar-refractivity contribution < 1.29 is 0 Å². The molecule has 2 aromatic heterocycles. The summed E-state index contributed by atoms with van der Waals surface area (Å²) in [7, 11) is 0. The summed E-state index contributed by atoms with van der Waals surface area (Å²) in [6.45, 7) is 2.10. The van der Waals surface area contributed by atoms with Gasteiger partial charge in [-0.1, -0.05) is 18.2 Å². The maximum Gasteiger partial charge on any atom is 0.273 e. The van der Waals surface area contributed by atoms with Crippen molar-refractivity contribution >= 4 is 32.5 Å². The summed E-state index contributed by atoms with van der Waals surface area (Å²) in [5.74, 6) is 0.674. The lowest BCUT2D eigenvalue weighted by Crippen LogP contribution is -2.36. The molecule has 4 rings (SSSR count). The summed E-state index contributed by atoms with van der Waals surface area (Å²) in [4.78, 5) is 20.1. The Bertz CT molecular complexity index is 1060. The van der Waals surface area contributed by atoms with Gasteiger partial charge in [0.25, 0.3) is 5.56 Å². The Labute approximate surface area is 155 Å². The van der Waals surface area contributed by atoms with Gasteiger partial charge in [-0.15, -0.1) is 11.3 Å². The summed E-state index contributed by atoms with van der Waals surface area (Å²) in [6, 6.07) is 11.4. The summed E-state index contributed by atoms with van der Waals surface area (Å²) >= 11 is 1.27. The number of benzene rings is 1. The number of nitrogens with zero attached hydrogens (tertiary/aromatic N) is 4. The zero-order valence-corrected chi connectivity index (χ0v) is 15.1. The van der Waals surface area contributed by atoms with Crippen LogP contribution in [0.3, 0.4) is 0 Å². The van der Waals surface area contributed by atoms with E-state index in [1.54, 1.807) is 16.7 Å². The van der Waals surface area contributed by atoms with Crippen LogP contribution in [0.1, 0.15) is 30.4 Å². The number of aromatic nitrogens is 2. The number of hydrogen-bond acceptors (Lipinski definition) is 6. The number of thiophene rings is 1. The van der Waals surface area contributed by atoms with E-state index in [2.05, 4.69) is 11.0 Å². The van der Waals surface area contributed by atoms with Gasteiger partial charge in [0.1, 0.15) is 4.70 Å². The fourth-order valence-electron chi connectivity index (χ4n) is 3.43. The largest absolute Gasteiger partial charge is 0.391 e. The minimum Gasteiger partial charge on any atom is -0.391 e. The molecule has 1 aromatic carbocycles. The van der Waals surface area contributed by atoms with Gasteiger partial charge in [0.2, 0.25) is 5.95 Å². The molecule has 0 atom stereocenters. The smallest absolute Gasteiger partial charge is 0.273 e. The van der Waals surface area contributed by atoms with Gasteiger partial charge in [-0.05, 0) is 37.0 Å². The van der Waals surface area contributed by atoms with Crippen LogP contribution in [0.4, 0.5) is 10.9 Å². The molecule has 3 aromatic rings. The molecule has 7 heteroatoms. The fraction of sp³-hybridized carbons (Fsp3) is 0.316. The SMILES string of the molecule is N#Cc1ccccc1Cn1c(N2CCCCC2)nc2cc(N)sc2c1=O. The van der Waals surface area contributed by atoms with Gasteiger partial charge >= 0.3 is 0 Å². The van der Waals surface area contributed by atoms with Crippen LogP contribution in [0.15, 0.2) is 35.1 Å². The number of nitrogen functional groups attached to an aromatic ring is 1. The molecule has 1 aliphatic rings. The molecule has 1 fully saturated rings. The number of hydrogen-bond donors (Lipinski definition) is 1. The molecule has 3 heterocycles. The second-order valence-electron chi connectivity index (χ2n) is 6.48. The van der Waals surface area contributed by atoms with E-state index in [1.165, 1.54) is 17.8 Å². The topological polar surface area (TPSA) is 87.9 Å². The van der Waals surface area contributed by atoms with E-state index in [9.17, 15) is 10.1 Å². The van der Waals surface area contributed by atoms with Crippen molar-refractivity contribution in [2.75, 3.05) is 23.7 Å². The highest BCUT2D eigenvalue weighted by Crippen LogP contribution is 2.27. The molecule has 26 heavy (non-hydrogen) atoms. The van der Waals surface area contributed by atoms with Gasteiger partial charge in [-0.2, -0.15) is 5.26 Å². The van der Waals surface area contributed by atoms with Gasteiger partial charge in [-0.3, -0.25) is 9.36 Å². The average Bonchev–Trinajstić information content (AvgIpc) is 3.05. The molecule has 1 aliphatic heterocycles. The Kier molecular flexibility index (Phi) is 4.35. The highest BCUT2D eigenvalue weighted by molar-refractivity contribution is 7.22. The van der Waals surface area contributed by atoms with Crippen LogP contribution in [0.2, 0.25) is 0 Å². The predicted octanol–water partition coefficient (Wildman–Crippen LogP) is 2.95. The van der Waals surface area contributed by atoms with Crippen molar-refractivity contribution in [2.45, 2.75) is 25.8 Å². The first-order chi connectivity index (χ1) is 12.7. The zero-order chi connectivity index (χ0) is 18.1. The maximum atomic E-state index is 13.2. The second kappa shape index (κ2) is 6.81. The molecule has 2 N–H and O–H groups in total. The summed E-state index contributed by atoms with van der Waals surface area (Å²) in [6.07, 6.45) is 3.38. The van der Waals surface area contributed by atoms with Crippen molar-refractivity contribution in [3.05, 3.63) is 51.8 Å². The number of anilines is 2. The third kappa shape index (κ3) is 2.93. The van der Waals surface area contributed by atoms with Crippen LogP contribution < -0.4 is 16.2 Å². The molecule has 0 radical (unpaired) electrons. The zero-order valence-electron chi connectivity index (χ0n) is 14.3. The third-order valence-corrected chi connectivity index (χ3v) is 5.68. The number of rotatable bonds is 3. The van der Waals surface area contributed by atoms with Crippen LogP contribution in [0.25, 0.3) is 10.2 Å². The van der Waals surface area contributed by atoms with Crippen molar-refractivity contribution in [2.24, 2.45) is 0 Å². The molecule has 0 unspecified atom stereocenters. The van der Waals surface area contributed by atoms with Gasteiger partial charge in [0.05, 0.1) is 28.7 Å². The average molecular weight is 365 g/mol. The molecule has 0 amide bonds. The lowest BCUT2D eigenvalue weighted by Gasteiger charge is -2.29. The molecule has 0 saturated carbocycles. The van der Waals surface area contributed by atoms with Crippen molar-refractivity contribution in [1.82, 2.24) is 9.55 Å². The Balaban J connectivity index is 1.89. The molecule has 1 saturated heterocycles. The quantitative estimate of drug-likeness (QED) is 0.771.